The molecule has 1 aliphatic rings. The molecule has 0 fully saturated rings. The highest BCUT2D eigenvalue weighted by atomic mass is 16.5. The molecule has 1 aliphatic heterocycles. The molecule has 3 rings (SSSR count). The molecule has 152 valence electrons. The van der Waals surface area contributed by atoms with Gasteiger partial charge in [-0.05, 0) is 23.8 Å². The zero-order valence-corrected chi connectivity index (χ0v) is 16.5. The highest BCUT2D eigenvalue weighted by Gasteiger charge is 2.20. The zero-order valence-electron chi connectivity index (χ0n) is 16.5. The highest BCUT2D eigenvalue weighted by Crippen LogP contribution is 2.40. The first-order chi connectivity index (χ1) is 13.9. The minimum absolute atomic E-state index is 0.0176. The maximum Gasteiger partial charge on any atom is 0.228 e. The number of ether oxygens (including phenoxy) is 3. The highest BCUT2D eigenvalue weighted by molar-refractivity contribution is 6.03. The first-order valence-electron chi connectivity index (χ1n) is 9.01. The van der Waals surface area contributed by atoms with Gasteiger partial charge in [0.2, 0.25) is 17.6 Å². The number of hydrogen-bond acceptors (Lipinski definition) is 6. The Morgan fingerprint density at radius 1 is 1.00 bits per heavy atom. The van der Waals surface area contributed by atoms with E-state index < -0.39 is 0 Å². The molecule has 0 aromatic heterocycles. The van der Waals surface area contributed by atoms with Crippen molar-refractivity contribution in [3.05, 3.63) is 41.5 Å². The van der Waals surface area contributed by atoms with Gasteiger partial charge in [-0.15, -0.1) is 0 Å². The van der Waals surface area contributed by atoms with Crippen LogP contribution in [0, 0.1) is 0 Å². The molecule has 0 radical (unpaired) electrons. The normalized spacial score (nSPS) is 12.0. The number of benzene rings is 2. The van der Waals surface area contributed by atoms with Gasteiger partial charge >= 0.3 is 0 Å². The van der Waals surface area contributed by atoms with Gasteiger partial charge in [-0.2, -0.15) is 0 Å². The molecule has 2 amide bonds. The van der Waals surface area contributed by atoms with E-state index >= 15 is 0 Å². The van der Waals surface area contributed by atoms with E-state index in [0.717, 1.165) is 11.3 Å². The number of Topliss-reactive ketones (excluding diaryl/α,β-unsaturated/α-hetero) is 1. The second-order valence-electron chi connectivity index (χ2n) is 6.48. The predicted octanol–water partition coefficient (Wildman–Crippen LogP) is 2.81. The fourth-order valence-electron chi connectivity index (χ4n) is 3.15. The largest absolute Gasteiger partial charge is 0.493 e. The van der Waals surface area contributed by atoms with Crippen LogP contribution in [-0.2, 0) is 16.0 Å². The molecular weight excluding hydrogens is 376 g/mol. The summed E-state index contributed by atoms with van der Waals surface area (Å²) in [5.41, 5.74) is 2.48. The Kier molecular flexibility index (Phi) is 6.01. The summed E-state index contributed by atoms with van der Waals surface area (Å²) in [6.07, 6.45) is 0.332. The summed E-state index contributed by atoms with van der Waals surface area (Å²) >= 11 is 0. The van der Waals surface area contributed by atoms with E-state index in [4.69, 9.17) is 14.2 Å². The van der Waals surface area contributed by atoms with Gasteiger partial charge in [-0.25, -0.2) is 0 Å². The van der Waals surface area contributed by atoms with Crippen molar-refractivity contribution in [3.63, 3.8) is 0 Å². The minimum Gasteiger partial charge on any atom is -0.493 e. The van der Waals surface area contributed by atoms with Crippen molar-refractivity contribution in [3.8, 4) is 17.2 Å². The molecular formula is C21H22N2O6. The molecule has 0 spiro atoms. The molecule has 0 saturated carbocycles. The van der Waals surface area contributed by atoms with Crippen molar-refractivity contribution in [2.24, 2.45) is 0 Å². The first kappa shape index (κ1) is 20.2. The van der Waals surface area contributed by atoms with Crippen LogP contribution >= 0.6 is 0 Å². The Bertz CT molecular complexity index is 945. The van der Waals surface area contributed by atoms with E-state index in [1.807, 2.05) is 0 Å². The Balaban J connectivity index is 1.62. The van der Waals surface area contributed by atoms with Crippen molar-refractivity contribution in [2.75, 3.05) is 32.0 Å². The average Bonchev–Trinajstić information content (AvgIpc) is 3.10. The first-order valence-corrected chi connectivity index (χ1v) is 9.01. The second-order valence-corrected chi connectivity index (χ2v) is 6.48. The van der Waals surface area contributed by atoms with E-state index in [1.54, 1.807) is 30.3 Å². The number of rotatable bonds is 8. The van der Waals surface area contributed by atoms with Crippen molar-refractivity contribution in [2.45, 2.75) is 19.3 Å². The monoisotopic (exact) mass is 398 g/mol. The van der Waals surface area contributed by atoms with Crippen LogP contribution < -0.4 is 24.8 Å². The molecule has 0 atom stereocenters. The van der Waals surface area contributed by atoms with Crippen LogP contribution in [0.25, 0.3) is 0 Å². The zero-order chi connectivity index (χ0) is 21.0. The lowest BCUT2D eigenvalue weighted by Gasteiger charge is -2.14. The summed E-state index contributed by atoms with van der Waals surface area (Å²) in [5, 5.41) is 5.46. The molecule has 8 heteroatoms. The van der Waals surface area contributed by atoms with Gasteiger partial charge in [-0.1, -0.05) is 0 Å². The lowest BCUT2D eigenvalue weighted by Crippen LogP contribution is -2.14. The Morgan fingerprint density at radius 3 is 2.31 bits per heavy atom. The van der Waals surface area contributed by atoms with Gasteiger partial charge in [-0.3, -0.25) is 14.4 Å². The van der Waals surface area contributed by atoms with Crippen LogP contribution in [0.2, 0.25) is 0 Å². The van der Waals surface area contributed by atoms with Crippen LogP contribution in [-0.4, -0.2) is 38.9 Å². The van der Waals surface area contributed by atoms with Gasteiger partial charge in [0, 0.05) is 41.9 Å². The number of carbonyl (C=O) groups is 3. The number of ketones is 1. The number of anilines is 2. The number of nitrogens with one attached hydrogen (secondary N) is 2. The summed E-state index contributed by atoms with van der Waals surface area (Å²) in [5.74, 6) is 0.693. The van der Waals surface area contributed by atoms with E-state index in [1.165, 1.54) is 21.3 Å². The number of carbonyl (C=O) groups excluding carboxylic acids is 3. The van der Waals surface area contributed by atoms with E-state index in [-0.39, 0.29) is 36.9 Å². The SMILES string of the molecule is COc1cc(NC(=O)CCC(=O)c2ccc3c(c2)CC(=O)N3)cc(OC)c1OC. The molecule has 8 nitrogen and oxygen atoms in total. The third kappa shape index (κ3) is 4.48. The van der Waals surface area contributed by atoms with E-state index in [0.29, 0.717) is 28.5 Å². The molecule has 2 N–H and O–H groups in total. The predicted molar refractivity (Wildman–Crippen MR) is 107 cm³/mol. The van der Waals surface area contributed by atoms with Gasteiger partial charge in [0.25, 0.3) is 0 Å². The fraction of sp³-hybridized carbons (Fsp3) is 0.286. The van der Waals surface area contributed by atoms with E-state index in [9.17, 15) is 14.4 Å². The van der Waals surface area contributed by atoms with Crippen LogP contribution in [0.5, 0.6) is 17.2 Å². The quantitative estimate of drug-likeness (QED) is 0.663. The third-order valence-corrected chi connectivity index (χ3v) is 4.58. The molecule has 2 aromatic rings. The average molecular weight is 398 g/mol. The summed E-state index contributed by atoms with van der Waals surface area (Å²) in [6, 6.07) is 8.30. The van der Waals surface area contributed by atoms with Crippen LogP contribution in [0.1, 0.15) is 28.8 Å². The van der Waals surface area contributed by atoms with Gasteiger partial charge in [0.1, 0.15) is 0 Å². The van der Waals surface area contributed by atoms with Crippen LogP contribution in [0.3, 0.4) is 0 Å². The van der Waals surface area contributed by atoms with Crippen molar-refractivity contribution < 1.29 is 28.6 Å². The molecule has 1 heterocycles. The maximum atomic E-state index is 12.4. The summed E-state index contributed by atoms with van der Waals surface area (Å²) in [7, 11) is 4.47. The summed E-state index contributed by atoms with van der Waals surface area (Å²) < 4.78 is 15.8. The smallest absolute Gasteiger partial charge is 0.228 e. The standard InChI is InChI=1S/C21H22N2O6/c1-27-17-10-14(11-18(28-2)21(17)29-3)22-19(25)7-6-16(24)12-4-5-15-13(8-12)9-20(26)23-15/h4-5,8,10-11H,6-7,9H2,1-3H3,(H,22,25)(H,23,26). The van der Waals surface area contributed by atoms with Crippen LogP contribution in [0.4, 0.5) is 11.4 Å². The second kappa shape index (κ2) is 8.64. The Hall–Kier alpha value is -3.55. The van der Waals surface area contributed by atoms with Gasteiger partial charge < -0.3 is 24.8 Å². The number of amides is 2. The molecule has 29 heavy (non-hydrogen) atoms. The third-order valence-electron chi connectivity index (χ3n) is 4.58. The lowest BCUT2D eigenvalue weighted by molar-refractivity contribution is -0.116. The Labute approximate surface area is 168 Å². The van der Waals surface area contributed by atoms with Crippen molar-refractivity contribution in [1.82, 2.24) is 0 Å². The van der Waals surface area contributed by atoms with E-state index in [2.05, 4.69) is 10.6 Å². The van der Waals surface area contributed by atoms with Crippen molar-refractivity contribution in [1.29, 1.82) is 0 Å². The van der Waals surface area contributed by atoms with Gasteiger partial charge in [0.15, 0.2) is 17.3 Å². The molecule has 0 bridgehead atoms. The maximum absolute atomic E-state index is 12.4. The van der Waals surface area contributed by atoms with Crippen molar-refractivity contribution >= 4 is 29.0 Å². The summed E-state index contributed by atoms with van der Waals surface area (Å²) in [6.45, 7) is 0. The van der Waals surface area contributed by atoms with Crippen LogP contribution in [0.15, 0.2) is 30.3 Å². The number of hydrogen-bond donors (Lipinski definition) is 2. The molecule has 0 unspecified atom stereocenters. The molecule has 0 aliphatic carbocycles. The number of fused-ring (bicyclic) bond motifs is 1. The van der Waals surface area contributed by atoms with Gasteiger partial charge in [0.05, 0.1) is 27.8 Å². The minimum atomic E-state index is -0.314. The topological polar surface area (TPSA) is 103 Å². The molecule has 0 saturated heterocycles. The summed E-state index contributed by atoms with van der Waals surface area (Å²) in [4.78, 5) is 36.2. The molecule has 2 aromatic carbocycles. The number of methoxy groups -OCH3 is 3. The lowest BCUT2D eigenvalue weighted by atomic mass is 10.0. The fourth-order valence-corrected chi connectivity index (χ4v) is 3.15. The Morgan fingerprint density at radius 2 is 1.69 bits per heavy atom.